The summed E-state index contributed by atoms with van der Waals surface area (Å²) >= 11 is 0. The van der Waals surface area contributed by atoms with E-state index in [9.17, 15) is 14.7 Å². The molecule has 104 valence electrons. The van der Waals surface area contributed by atoms with Gasteiger partial charge in [-0.05, 0) is 51.0 Å². The lowest BCUT2D eigenvalue weighted by molar-refractivity contribution is -0.149. The highest BCUT2D eigenvalue weighted by molar-refractivity contribution is 5.87. The lowest BCUT2D eigenvalue weighted by Crippen LogP contribution is -2.56. The van der Waals surface area contributed by atoms with Gasteiger partial charge in [-0.3, -0.25) is 4.79 Å². The molecule has 0 bridgehead atoms. The van der Waals surface area contributed by atoms with E-state index >= 15 is 0 Å². The number of rotatable bonds is 6. The van der Waals surface area contributed by atoms with Crippen molar-refractivity contribution in [3.8, 4) is 0 Å². The Morgan fingerprint density at radius 3 is 2.44 bits per heavy atom. The molecule has 18 heavy (non-hydrogen) atoms. The molecule has 1 amide bonds. The van der Waals surface area contributed by atoms with Crippen molar-refractivity contribution in [1.82, 2.24) is 5.32 Å². The Morgan fingerprint density at radius 2 is 1.94 bits per heavy atom. The summed E-state index contributed by atoms with van der Waals surface area (Å²) in [6.45, 7) is 2.68. The van der Waals surface area contributed by atoms with Crippen molar-refractivity contribution in [1.29, 1.82) is 0 Å². The Balaban J connectivity index is 2.52. The molecule has 0 unspecified atom stereocenters. The largest absolute Gasteiger partial charge is 0.480 e. The zero-order valence-corrected chi connectivity index (χ0v) is 11.1. The van der Waals surface area contributed by atoms with Gasteiger partial charge in [0.05, 0.1) is 0 Å². The van der Waals surface area contributed by atoms with Crippen molar-refractivity contribution in [3.63, 3.8) is 0 Å². The third-order valence-electron chi connectivity index (χ3n) is 3.77. The number of carboxylic acids is 1. The van der Waals surface area contributed by atoms with E-state index < -0.39 is 11.5 Å². The standard InChI is InChI=1S/C13H24N2O3/c1-10-5-7-13(8-6-10,12(17)18)15-11(16)4-2-3-9-14/h10H,2-9,14H2,1H3,(H,15,16)(H,17,18). The molecule has 0 aliphatic heterocycles. The molecule has 1 fully saturated rings. The topological polar surface area (TPSA) is 92.4 Å². The van der Waals surface area contributed by atoms with Crippen LogP contribution in [0.3, 0.4) is 0 Å². The Morgan fingerprint density at radius 1 is 1.33 bits per heavy atom. The van der Waals surface area contributed by atoms with Gasteiger partial charge in [-0.2, -0.15) is 0 Å². The van der Waals surface area contributed by atoms with Crippen LogP contribution in [0, 0.1) is 5.92 Å². The third kappa shape index (κ3) is 3.98. The van der Waals surface area contributed by atoms with Gasteiger partial charge in [0, 0.05) is 6.42 Å². The predicted molar refractivity (Wildman–Crippen MR) is 69.0 cm³/mol. The number of unbranched alkanes of at least 4 members (excludes halogenated alkanes) is 1. The van der Waals surface area contributed by atoms with Gasteiger partial charge in [0.1, 0.15) is 5.54 Å². The van der Waals surface area contributed by atoms with Crippen molar-refractivity contribution in [3.05, 3.63) is 0 Å². The second kappa shape index (κ2) is 6.73. The molecule has 0 aromatic carbocycles. The minimum atomic E-state index is -1.04. The molecule has 0 heterocycles. The van der Waals surface area contributed by atoms with E-state index in [1.165, 1.54) is 0 Å². The van der Waals surface area contributed by atoms with Crippen molar-refractivity contribution in [2.45, 2.75) is 57.4 Å². The average Bonchev–Trinajstić information content (AvgIpc) is 2.32. The first-order valence-electron chi connectivity index (χ1n) is 6.74. The second-order valence-electron chi connectivity index (χ2n) is 5.36. The van der Waals surface area contributed by atoms with E-state index in [0.717, 1.165) is 19.3 Å². The summed E-state index contributed by atoms with van der Waals surface area (Å²) in [4.78, 5) is 23.2. The molecule has 0 atom stereocenters. The molecule has 1 aliphatic rings. The van der Waals surface area contributed by atoms with Crippen molar-refractivity contribution in [2.75, 3.05) is 6.54 Å². The van der Waals surface area contributed by atoms with Gasteiger partial charge >= 0.3 is 5.97 Å². The molecule has 0 saturated heterocycles. The van der Waals surface area contributed by atoms with Crippen LogP contribution >= 0.6 is 0 Å². The molecule has 5 heteroatoms. The molecule has 0 spiro atoms. The fraction of sp³-hybridized carbons (Fsp3) is 0.846. The fourth-order valence-electron chi connectivity index (χ4n) is 2.41. The maximum Gasteiger partial charge on any atom is 0.329 e. The highest BCUT2D eigenvalue weighted by Gasteiger charge is 2.42. The number of hydrogen-bond acceptors (Lipinski definition) is 3. The van der Waals surface area contributed by atoms with Gasteiger partial charge in [-0.25, -0.2) is 4.79 Å². The first kappa shape index (κ1) is 15.0. The summed E-state index contributed by atoms with van der Waals surface area (Å²) < 4.78 is 0. The number of hydrogen-bond donors (Lipinski definition) is 3. The number of carbonyl (C=O) groups excluding carboxylic acids is 1. The van der Waals surface area contributed by atoms with Crippen LogP contribution in [0.15, 0.2) is 0 Å². The van der Waals surface area contributed by atoms with Crippen LogP contribution in [-0.2, 0) is 9.59 Å². The second-order valence-corrected chi connectivity index (χ2v) is 5.36. The maximum absolute atomic E-state index is 11.8. The highest BCUT2D eigenvalue weighted by Crippen LogP contribution is 2.32. The van der Waals surface area contributed by atoms with E-state index in [2.05, 4.69) is 12.2 Å². The van der Waals surface area contributed by atoms with Crippen molar-refractivity contribution in [2.24, 2.45) is 11.7 Å². The minimum Gasteiger partial charge on any atom is -0.480 e. The predicted octanol–water partition coefficient (Wildman–Crippen LogP) is 1.27. The van der Waals surface area contributed by atoms with Gasteiger partial charge in [0.15, 0.2) is 0 Å². The molecule has 1 aliphatic carbocycles. The lowest BCUT2D eigenvalue weighted by atomic mass is 9.77. The van der Waals surface area contributed by atoms with Crippen LogP contribution in [0.2, 0.25) is 0 Å². The van der Waals surface area contributed by atoms with E-state index in [4.69, 9.17) is 5.73 Å². The Bertz CT molecular complexity index is 297. The summed E-state index contributed by atoms with van der Waals surface area (Å²) in [6, 6.07) is 0. The van der Waals surface area contributed by atoms with Gasteiger partial charge < -0.3 is 16.2 Å². The zero-order chi connectivity index (χ0) is 13.6. The number of carbonyl (C=O) groups is 2. The Kier molecular flexibility index (Phi) is 5.59. The number of amides is 1. The van der Waals surface area contributed by atoms with Gasteiger partial charge in [0.2, 0.25) is 5.91 Å². The highest BCUT2D eigenvalue weighted by atomic mass is 16.4. The molecular formula is C13H24N2O3. The van der Waals surface area contributed by atoms with Crippen molar-refractivity contribution >= 4 is 11.9 Å². The fourth-order valence-corrected chi connectivity index (χ4v) is 2.41. The van der Waals surface area contributed by atoms with Crippen molar-refractivity contribution < 1.29 is 14.7 Å². The Labute approximate surface area is 108 Å². The van der Waals surface area contributed by atoms with Gasteiger partial charge in [-0.15, -0.1) is 0 Å². The van der Waals surface area contributed by atoms with E-state index in [1.807, 2.05) is 0 Å². The summed E-state index contributed by atoms with van der Waals surface area (Å²) in [5.74, 6) is -0.520. The molecular weight excluding hydrogens is 232 g/mol. The van der Waals surface area contributed by atoms with Crippen LogP contribution in [0.5, 0.6) is 0 Å². The summed E-state index contributed by atoms with van der Waals surface area (Å²) in [5.41, 5.74) is 4.33. The van der Waals surface area contributed by atoms with E-state index in [0.29, 0.717) is 38.1 Å². The molecule has 4 N–H and O–H groups in total. The SMILES string of the molecule is CC1CCC(NC(=O)CCCCN)(C(=O)O)CC1. The number of nitrogens with one attached hydrogen (secondary N) is 1. The number of nitrogens with two attached hydrogens (primary N) is 1. The first-order chi connectivity index (χ1) is 8.50. The minimum absolute atomic E-state index is 0.166. The molecule has 0 aromatic rings. The molecule has 0 aromatic heterocycles. The first-order valence-corrected chi connectivity index (χ1v) is 6.74. The number of aliphatic carboxylic acids is 1. The Hall–Kier alpha value is -1.10. The van der Waals surface area contributed by atoms with Crippen LogP contribution in [0.1, 0.15) is 51.9 Å². The van der Waals surface area contributed by atoms with E-state index in [-0.39, 0.29) is 5.91 Å². The van der Waals surface area contributed by atoms with Crippen LogP contribution in [0.4, 0.5) is 0 Å². The molecule has 1 rings (SSSR count). The molecule has 5 nitrogen and oxygen atoms in total. The summed E-state index contributed by atoms with van der Waals surface area (Å²) in [7, 11) is 0. The summed E-state index contributed by atoms with van der Waals surface area (Å²) in [5, 5.41) is 12.1. The quantitative estimate of drug-likeness (QED) is 0.624. The molecule has 1 saturated carbocycles. The summed E-state index contributed by atoms with van der Waals surface area (Å²) in [6.07, 6.45) is 4.66. The average molecular weight is 256 g/mol. The number of carboxylic acid groups (broad SMARTS) is 1. The monoisotopic (exact) mass is 256 g/mol. The van der Waals surface area contributed by atoms with Crippen LogP contribution in [-0.4, -0.2) is 29.1 Å². The lowest BCUT2D eigenvalue weighted by Gasteiger charge is -2.36. The van der Waals surface area contributed by atoms with E-state index in [1.54, 1.807) is 0 Å². The van der Waals surface area contributed by atoms with Crippen LogP contribution in [0.25, 0.3) is 0 Å². The van der Waals surface area contributed by atoms with Gasteiger partial charge in [-0.1, -0.05) is 6.92 Å². The van der Waals surface area contributed by atoms with Crippen LogP contribution < -0.4 is 11.1 Å². The smallest absolute Gasteiger partial charge is 0.329 e. The normalized spacial score (nSPS) is 27.8. The van der Waals surface area contributed by atoms with Gasteiger partial charge in [0.25, 0.3) is 0 Å². The molecule has 0 radical (unpaired) electrons. The third-order valence-corrected chi connectivity index (χ3v) is 3.77. The zero-order valence-electron chi connectivity index (χ0n) is 11.1. The maximum atomic E-state index is 11.8.